The molecule has 4 aromatic rings. The fourth-order valence-corrected chi connectivity index (χ4v) is 3.77. The van der Waals surface area contributed by atoms with Gasteiger partial charge in [-0.25, -0.2) is 4.98 Å². The SMILES string of the molecule is O=C(c1ccccc1)[C@@H](Sc1n[nH]c(-c2ccccc2)n1)c1ccccc1. The second kappa shape index (κ2) is 8.01. The Balaban J connectivity index is 1.64. The van der Waals surface area contributed by atoms with Crippen LogP contribution in [-0.2, 0) is 0 Å². The van der Waals surface area contributed by atoms with Crippen LogP contribution in [0.15, 0.2) is 96.2 Å². The van der Waals surface area contributed by atoms with E-state index in [0.717, 1.165) is 11.1 Å². The summed E-state index contributed by atoms with van der Waals surface area (Å²) in [5, 5.41) is 7.41. The van der Waals surface area contributed by atoms with Crippen LogP contribution in [0, 0.1) is 0 Å². The molecule has 1 atom stereocenters. The van der Waals surface area contributed by atoms with Gasteiger partial charge in [-0.15, -0.1) is 5.10 Å². The molecule has 0 bridgehead atoms. The van der Waals surface area contributed by atoms with Gasteiger partial charge in [0.15, 0.2) is 11.6 Å². The lowest BCUT2D eigenvalue weighted by Gasteiger charge is -2.14. The first-order chi connectivity index (χ1) is 13.3. The van der Waals surface area contributed by atoms with Crippen molar-refractivity contribution in [3.63, 3.8) is 0 Å². The summed E-state index contributed by atoms with van der Waals surface area (Å²) in [4.78, 5) is 17.7. The van der Waals surface area contributed by atoms with Gasteiger partial charge in [-0.05, 0) is 5.56 Å². The molecule has 0 aliphatic heterocycles. The van der Waals surface area contributed by atoms with Crippen LogP contribution in [0.5, 0.6) is 0 Å². The molecule has 4 nitrogen and oxygen atoms in total. The molecule has 3 aromatic carbocycles. The third-order valence-corrected chi connectivity index (χ3v) is 5.25. The van der Waals surface area contributed by atoms with E-state index >= 15 is 0 Å². The number of carbonyl (C=O) groups is 1. The normalized spacial score (nSPS) is 11.9. The van der Waals surface area contributed by atoms with E-state index in [4.69, 9.17) is 0 Å². The number of nitrogens with zero attached hydrogens (tertiary/aromatic N) is 2. The molecule has 4 rings (SSSR count). The second-order valence-electron chi connectivity index (χ2n) is 5.97. The Morgan fingerprint density at radius 1 is 0.815 bits per heavy atom. The van der Waals surface area contributed by atoms with Crippen LogP contribution in [0.25, 0.3) is 11.4 Å². The molecule has 1 N–H and O–H groups in total. The molecule has 0 unspecified atom stereocenters. The number of H-pyrrole nitrogens is 1. The molecule has 0 amide bonds. The van der Waals surface area contributed by atoms with Gasteiger partial charge in [-0.2, -0.15) is 0 Å². The van der Waals surface area contributed by atoms with Gasteiger partial charge in [0.2, 0.25) is 5.16 Å². The number of aromatic amines is 1. The number of thioether (sulfide) groups is 1. The molecule has 27 heavy (non-hydrogen) atoms. The minimum atomic E-state index is -0.409. The Morgan fingerprint density at radius 2 is 1.41 bits per heavy atom. The zero-order valence-corrected chi connectivity index (χ0v) is 15.3. The van der Waals surface area contributed by atoms with Gasteiger partial charge in [0.25, 0.3) is 0 Å². The highest BCUT2D eigenvalue weighted by Gasteiger charge is 2.25. The average molecular weight is 371 g/mol. The zero-order chi connectivity index (χ0) is 18.5. The summed E-state index contributed by atoms with van der Waals surface area (Å²) in [5.74, 6) is 0.731. The number of benzene rings is 3. The smallest absolute Gasteiger partial charge is 0.209 e. The van der Waals surface area contributed by atoms with Gasteiger partial charge < -0.3 is 0 Å². The summed E-state index contributed by atoms with van der Waals surface area (Å²) in [6.45, 7) is 0. The number of nitrogens with one attached hydrogen (secondary N) is 1. The van der Waals surface area contributed by atoms with Gasteiger partial charge in [-0.1, -0.05) is 103 Å². The Hall–Kier alpha value is -3.18. The van der Waals surface area contributed by atoms with E-state index in [0.29, 0.717) is 16.5 Å². The van der Waals surface area contributed by atoms with E-state index in [-0.39, 0.29) is 5.78 Å². The molecule has 0 radical (unpaired) electrons. The van der Waals surface area contributed by atoms with E-state index in [1.807, 2.05) is 91.0 Å². The van der Waals surface area contributed by atoms with Crippen molar-refractivity contribution in [2.24, 2.45) is 0 Å². The van der Waals surface area contributed by atoms with E-state index < -0.39 is 5.25 Å². The number of hydrogen-bond acceptors (Lipinski definition) is 4. The van der Waals surface area contributed by atoms with Crippen molar-refractivity contribution in [3.05, 3.63) is 102 Å². The van der Waals surface area contributed by atoms with Crippen molar-refractivity contribution < 1.29 is 4.79 Å². The van der Waals surface area contributed by atoms with E-state index in [9.17, 15) is 4.79 Å². The van der Waals surface area contributed by atoms with Crippen LogP contribution in [0.4, 0.5) is 0 Å². The lowest BCUT2D eigenvalue weighted by molar-refractivity contribution is 0.0989. The predicted molar refractivity (Wildman–Crippen MR) is 108 cm³/mol. The van der Waals surface area contributed by atoms with Crippen LogP contribution < -0.4 is 0 Å². The number of Topliss-reactive ketones (excluding diaryl/α,β-unsaturated/α-hetero) is 1. The topological polar surface area (TPSA) is 58.6 Å². The summed E-state index contributed by atoms with van der Waals surface area (Å²) in [6.07, 6.45) is 0. The summed E-state index contributed by atoms with van der Waals surface area (Å²) >= 11 is 1.36. The molecule has 0 saturated carbocycles. The molecule has 0 aliphatic rings. The summed E-state index contributed by atoms with van der Waals surface area (Å²) in [5.41, 5.74) is 2.57. The molecule has 0 saturated heterocycles. The molecule has 0 spiro atoms. The zero-order valence-electron chi connectivity index (χ0n) is 14.4. The van der Waals surface area contributed by atoms with E-state index in [1.165, 1.54) is 11.8 Å². The quantitative estimate of drug-likeness (QED) is 0.374. The standard InChI is InChI=1S/C22H17N3OS/c26-19(16-10-4-1-5-11-16)20(17-12-6-2-7-13-17)27-22-23-21(24-25-22)18-14-8-3-9-15-18/h1-15,20H,(H,23,24,25)/t20-/m0/s1. The highest BCUT2D eigenvalue weighted by molar-refractivity contribution is 8.00. The minimum Gasteiger partial charge on any atom is -0.293 e. The molecule has 0 aliphatic carbocycles. The maximum atomic E-state index is 13.1. The van der Waals surface area contributed by atoms with Crippen LogP contribution in [0.1, 0.15) is 21.2 Å². The number of aromatic nitrogens is 3. The highest BCUT2D eigenvalue weighted by atomic mass is 32.2. The monoisotopic (exact) mass is 371 g/mol. The summed E-state index contributed by atoms with van der Waals surface area (Å²) in [6, 6.07) is 28.9. The van der Waals surface area contributed by atoms with Crippen LogP contribution in [-0.4, -0.2) is 21.0 Å². The van der Waals surface area contributed by atoms with E-state index in [1.54, 1.807) is 0 Å². The lowest BCUT2D eigenvalue weighted by Crippen LogP contribution is -2.10. The highest BCUT2D eigenvalue weighted by Crippen LogP contribution is 2.36. The summed E-state index contributed by atoms with van der Waals surface area (Å²) in [7, 11) is 0. The van der Waals surface area contributed by atoms with Gasteiger partial charge >= 0.3 is 0 Å². The van der Waals surface area contributed by atoms with Crippen molar-refractivity contribution in [2.75, 3.05) is 0 Å². The Labute approximate surface area is 161 Å². The van der Waals surface area contributed by atoms with Gasteiger partial charge in [0.1, 0.15) is 5.25 Å². The van der Waals surface area contributed by atoms with Gasteiger partial charge in [0, 0.05) is 11.1 Å². The molecule has 5 heteroatoms. The van der Waals surface area contributed by atoms with Crippen molar-refractivity contribution in [1.82, 2.24) is 15.2 Å². The molecule has 1 aromatic heterocycles. The number of carbonyl (C=O) groups excluding carboxylic acids is 1. The average Bonchev–Trinajstić information content (AvgIpc) is 3.22. The Bertz CT molecular complexity index is 1020. The largest absolute Gasteiger partial charge is 0.293 e. The number of rotatable bonds is 6. The van der Waals surface area contributed by atoms with Crippen LogP contribution >= 0.6 is 11.8 Å². The fourth-order valence-electron chi connectivity index (χ4n) is 2.78. The van der Waals surface area contributed by atoms with Crippen LogP contribution in [0.3, 0.4) is 0 Å². The maximum absolute atomic E-state index is 13.1. The Morgan fingerprint density at radius 3 is 2.07 bits per heavy atom. The molecule has 0 fully saturated rings. The lowest BCUT2D eigenvalue weighted by atomic mass is 10.0. The van der Waals surface area contributed by atoms with Crippen molar-refractivity contribution in [2.45, 2.75) is 10.4 Å². The van der Waals surface area contributed by atoms with Crippen LogP contribution in [0.2, 0.25) is 0 Å². The van der Waals surface area contributed by atoms with Gasteiger partial charge in [-0.3, -0.25) is 9.89 Å². The first kappa shape index (κ1) is 17.2. The predicted octanol–water partition coefficient (Wildman–Crippen LogP) is 5.19. The number of ketones is 1. The molecule has 132 valence electrons. The number of hydrogen-bond donors (Lipinski definition) is 1. The van der Waals surface area contributed by atoms with Crippen molar-refractivity contribution in [3.8, 4) is 11.4 Å². The second-order valence-corrected chi connectivity index (χ2v) is 7.04. The van der Waals surface area contributed by atoms with Gasteiger partial charge in [0.05, 0.1) is 0 Å². The Kier molecular flexibility index (Phi) is 5.12. The summed E-state index contributed by atoms with van der Waals surface area (Å²) < 4.78 is 0. The third kappa shape index (κ3) is 3.99. The minimum absolute atomic E-state index is 0.0397. The first-order valence-electron chi connectivity index (χ1n) is 8.60. The first-order valence-corrected chi connectivity index (χ1v) is 9.48. The molecule has 1 heterocycles. The van der Waals surface area contributed by atoms with Crippen molar-refractivity contribution in [1.29, 1.82) is 0 Å². The fraction of sp³-hybridized carbons (Fsp3) is 0.0455. The maximum Gasteiger partial charge on any atom is 0.209 e. The molecular weight excluding hydrogens is 354 g/mol. The van der Waals surface area contributed by atoms with E-state index in [2.05, 4.69) is 15.2 Å². The third-order valence-electron chi connectivity index (χ3n) is 4.13. The molecular formula is C22H17N3OS. The van der Waals surface area contributed by atoms with Crippen molar-refractivity contribution >= 4 is 17.5 Å².